The molecule has 10 heavy (non-hydrogen) atoms. The van der Waals surface area contributed by atoms with E-state index < -0.39 is 5.60 Å². The molecule has 1 aliphatic heterocycles. The van der Waals surface area contributed by atoms with E-state index in [4.69, 9.17) is 4.74 Å². The van der Waals surface area contributed by atoms with Crippen LogP contribution in [0.4, 0.5) is 0 Å². The Morgan fingerprint density at radius 2 is 2.50 bits per heavy atom. The summed E-state index contributed by atoms with van der Waals surface area (Å²) in [7, 11) is 0. The highest BCUT2D eigenvalue weighted by Crippen LogP contribution is 2.12. The number of hydrogen-bond donors (Lipinski definition) is 1. The number of ether oxygens (including phenoxy) is 1. The molecule has 1 saturated heterocycles. The van der Waals surface area contributed by atoms with Gasteiger partial charge in [0.2, 0.25) is 0 Å². The normalized spacial score (nSPS) is 41.2. The van der Waals surface area contributed by atoms with Crippen LogP contribution >= 0.6 is 0 Å². The average molecular weight is 143 g/mol. The van der Waals surface area contributed by atoms with Gasteiger partial charge in [-0.15, -0.1) is 0 Å². The van der Waals surface area contributed by atoms with Crippen molar-refractivity contribution >= 4 is 6.29 Å². The van der Waals surface area contributed by atoms with Crippen molar-refractivity contribution in [2.45, 2.75) is 25.6 Å². The maximum absolute atomic E-state index is 10.5. The van der Waals surface area contributed by atoms with Crippen LogP contribution in [0.5, 0.6) is 0 Å². The molecule has 1 fully saturated rings. The number of rotatable bonds is 1. The second-order valence-electron chi connectivity index (χ2n) is 2.99. The number of hydrogen-bond acceptors (Lipinski definition) is 3. The van der Waals surface area contributed by atoms with Crippen LogP contribution in [0.25, 0.3) is 0 Å². The Kier molecular flexibility index (Phi) is 2.06. The van der Waals surface area contributed by atoms with Gasteiger partial charge in [0.1, 0.15) is 5.60 Å². The molecule has 0 amide bonds. The van der Waals surface area contributed by atoms with Gasteiger partial charge in [0, 0.05) is 13.1 Å². The summed E-state index contributed by atoms with van der Waals surface area (Å²) in [5.41, 5.74) is -0.600. The summed E-state index contributed by atoms with van der Waals surface area (Å²) >= 11 is 0. The first-order valence-electron chi connectivity index (χ1n) is 3.51. The smallest absolute Gasteiger partial charge is 0.152 e. The van der Waals surface area contributed by atoms with Crippen molar-refractivity contribution < 1.29 is 9.53 Å². The molecule has 3 nitrogen and oxygen atoms in total. The fourth-order valence-corrected chi connectivity index (χ4v) is 1.14. The first kappa shape index (κ1) is 7.69. The van der Waals surface area contributed by atoms with Crippen molar-refractivity contribution in [2.75, 3.05) is 13.1 Å². The molecular formula is C7H13NO2. The van der Waals surface area contributed by atoms with Crippen LogP contribution in [0.3, 0.4) is 0 Å². The maximum Gasteiger partial charge on any atom is 0.152 e. The quantitative estimate of drug-likeness (QED) is 0.523. The van der Waals surface area contributed by atoms with Crippen molar-refractivity contribution in [3.8, 4) is 0 Å². The molecule has 0 aromatic rings. The highest BCUT2D eigenvalue weighted by Gasteiger charge is 2.30. The molecule has 2 atom stereocenters. The van der Waals surface area contributed by atoms with E-state index in [0.717, 1.165) is 12.8 Å². The van der Waals surface area contributed by atoms with E-state index in [1.54, 1.807) is 6.92 Å². The highest BCUT2D eigenvalue weighted by molar-refractivity contribution is 5.62. The first-order valence-corrected chi connectivity index (χ1v) is 3.51. The van der Waals surface area contributed by atoms with Crippen LogP contribution in [0.15, 0.2) is 0 Å². The molecule has 0 aliphatic carbocycles. The summed E-state index contributed by atoms with van der Waals surface area (Å²) in [6.07, 6.45) is 0.999. The first-order chi connectivity index (χ1) is 4.66. The third-order valence-corrected chi connectivity index (χ3v) is 1.63. The standard InChI is InChI=1S/C7H13NO2/c1-6-3-8-4-7(2,5-9)10-6/h5-6,8H,3-4H2,1-2H3. The molecule has 0 bridgehead atoms. The fourth-order valence-electron chi connectivity index (χ4n) is 1.14. The summed E-state index contributed by atoms with van der Waals surface area (Å²) < 4.78 is 5.39. The Hall–Kier alpha value is -0.410. The molecule has 0 radical (unpaired) electrons. The van der Waals surface area contributed by atoms with Crippen LogP contribution in [-0.2, 0) is 9.53 Å². The Balaban J connectivity index is 2.53. The van der Waals surface area contributed by atoms with Crippen molar-refractivity contribution in [2.24, 2.45) is 0 Å². The summed E-state index contributed by atoms with van der Waals surface area (Å²) in [6, 6.07) is 0. The summed E-state index contributed by atoms with van der Waals surface area (Å²) in [6.45, 7) is 5.21. The van der Waals surface area contributed by atoms with E-state index in [9.17, 15) is 4.79 Å². The average Bonchev–Trinajstić information content (AvgIpc) is 1.88. The van der Waals surface area contributed by atoms with E-state index in [1.807, 2.05) is 6.92 Å². The van der Waals surface area contributed by atoms with Gasteiger partial charge in [0.05, 0.1) is 6.10 Å². The van der Waals surface area contributed by atoms with Gasteiger partial charge in [-0.1, -0.05) is 0 Å². The minimum atomic E-state index is -0.600. The monoisotopic (exact) mass is 143 g/mol. The van der Waals surface area contributed by atoms with Crippen LogP contribution in [0.1, 0.15) is 13.8 Å². The zero-order valence-corrected chi connectivity index (χ0v) is 6.39. The van der Waals surface area contributed by atoms with Gasteiger partial charge in [-0.3, -0.25) is 0 Å². The predicted octanol–water partition coefficient (Wildman–Crippen LogP) is -0.0477. The summed E-state index contributed by atoms with van der Waals surface area (Å²) in [4.78, 5) is 10.5. The number of nitrogens with one attached hydrogen (secondary N) is 1. The van der Waals surface area contributed by atoms with Gasteiger partial charge in [-0.2, -0.15) is 0 Å². The van der Waals surface area contributed by atoms with E-state index in [-0.39, 0.29) is 6.10 Å². The Morgan fingerprint density at radius 3 is 2.90 bits per heavy atom. The molecule has 58 valence electrons. The number of carbonyl (C=O) groups excluding carboxylic acids is 1. The Bertz CT molecular complexity index is 138. The molecule has 1 N–H and O–H groups in total. The second-order valence-corrected chi connectivity index (χ2v) is 2.99. The molecule has 1 rings (SSSR count). The zero-order chi connectivity index (χ0) is 7.61. The van der Waals surface area contributed by atoms with E-state index in [1.165, 1.54) is 0 Å². The van der Waals surface area contributed by atoms with E-state index in [2.05, 4.69) is 5.32 Å². The zero-order valence-electron chi connectivity index (χ0n) is 6.39. The highest BCUT2D eigenvalue weighted by atomic mass is 16.5. The molecule has 3 heteroatoms. The molecule has 0 spiro atoms. The lowest BCUT2D eigenvalue weighted by Gasteiger charge is -2.33. The Labute approximate surface area is 60.7 Å². The van der Waals surface area contributed by atoms with Crippen molar-refractivity contribution in [1.29, 1.82) is 0 Å². The van der Waals surface area contributed by atoms with E-state index in [0.29, 0.717) is 6.54 Å². The van der Waals surface area contributed by atoms with Crippen molar-refractivity contribution in [3.05, 3.63) is 0 Å². The van der Waals surface area contributed by atoms with Crippen LogP contribution in [0, 0.1) is 0 Å². The molecular weight excluding hydrogens is 130 g/mol. The lowest BCUT2D eigenvalue weighted by molar-refractivity contribution is -0.140. The fraction of sp³-hybridized carbons (Fsp3) is 0.857. The predicted molar refractivity (Wildman–Crippen MR) is 37.9 cm³/mol. The van der Waals surface area contributed by atoms with Gasteiger partial charge < -0.3 is 14.8 Å². The lowest BCUT2D eigenvalue weighted by atomic mass is 10.1. The Morgan fingerprint density at radius 1 is 1.80 bits per heavy atom. The van der Waals surface area contributed by atoms with Crippen molar-refractivity contribution in [3.63, 3.8) is 0 Å². The lowest BCUT2D eigenvalue weighted by Crippen LogP contribution is -2.52. The molecule has 1 aliphatic rings. The van der Waals surface area contributed by atoms with Gasteiger partial charge >= 0.3 is 0 Å². The number of morpholine rings is 1. The molecule has 2 unspecified atom stereocenters. The van der Waals surface area contributed by atoms with Crippen molar-refractivity contribution in [1.82, 2.24) is 5.32 Å². The number of carbonyl (C=O) groups is 1. The third-order valence-electron chi connectivity index (χ3n) is 1.63. The van der Waals surface area contributed by atoms with Gasteiger partial charge in [0.15, 0.2) is 6.29 Å². The van der Waals surface area contributed by atoms with Gasteiger partial charge in [-0.25, -0.2) is 0 Å². The third kappa shape index (κ3) is 1.55. The van der Waals surface area contributed by atoms with Crippen LogP contribution in [-0.4, -0.2) is 31.1 Å². The molecule has 0 aromatic heterocycles. The SMILES string of the molecule is CC1CNCC(C)(C=O)O1. The molecule has 0 aromatic carbocycles. The van der Waals surface area contributed by atoms with Gasteiger partial charge in [0.25, 0.3) is 0 Å². The maximum atomic E-state index is 10.5. The topological polar surface area (TPSA) is 38.3 Å². The minimum absolute atomic E-state index is 0.143. The minimum Gasteiger partial charge on any atom is -0.362 e. The van der Waals surface area contributed by atoms with E-state index >= 15 is 0 Å². The van der Waals surface area contributed by atoms with Crippen LogP contribution in [0.2, 0.25) is 0 Å². The summed E-state index contributed by atoms with van der Waals surface area (Å²) in [5.74, 6) is 0. The summed E-state index contributed by atoms with van der Waals surface area (Å²) in [5, 5.41) is 3.12. The largest absolute Gasteiger partial charge is 0.362 e. The molecule has 0 saturated carbocycles. The molecule has 1 heterocycles. The number of aldehydes is 1. The van der Waals surface area contributed by atoms with Gasteiger partial charge in [-0.05, 0) is 13.8 Å². The van der Waals surface area contributed by atoms with Crippen LogP contribution < -0.4 is 5.32 Å². The second kappa shape index (κ2) is 2.68.